The van der Waals surface area contributed by atoms with Crippen molar-refractivity contribution in [2.24, 2.45) is 4.99 Å². The molecule has 0 atom stereocenters. The van der Waals surface area contributed by atoms with Crippen molar-refractivity contribution in [2.45, 2.75) is 26.6 Å². The highest BCUT2D eigenvalue weighted by atomic mass is 16.5. The van der Waals surface area contributed by atoms with E-state index in [9.17, 15) is 0 Å². The third-order valence-electron chi connectivity index (χ3n) is 4.66. The van der Waals surface area contributed by atoms with E-state index in [0.717, 1.165) is 36.2 Å². The van der Waals surface area contributed by atoms with Crippen molar-refractivity contribution in [2.75, 3.05) is 20.7 Å². The van der Waals surface area contributed by atoms with Crippen LogP contribution in [0.3, 0.4) is 0 Å². The normalized spacial score (nSPS) is 11.3. The molecule has 0 radical (unpaired) electrons. The average Bonchev–Trinajstić information content (AvgIpc) is 3.19. The lowest BCUT2D eigenvalue weighted by Crippen LogP contribution is -2.38. The maximum absolute atomic E-state index is 5.48. The topological polar surface area (TPSA) is 54.7 Å². The molecule has 0 fully saturated rings. The van der Waals surface area contributed by atoms with E-state index in [2.05, 4.69) is 57.0 Å². The van der Waals surface area contributed by atoms with Gasteiger partial charge >= 0.3 is 0 Å². The van der Waals surface area contributed by atoms with Crippen LogP contribution in [0.1, 0.15) is 23.9 Å². The van der Waals surface area contributed by atoms with Crippen LogP contribution in [0.15, 0.2) is 72.0 Å². The molecule has 0 spiro atoms. The van der Waals surface area contributed by atoms with Crippen LogP contribution in [0.25, 0.3) is 0 Å². The summed E-state index contributed by atoms with van der Waals surface area (Å²) in [5, 5.41) is 3.37. The van der Waals surface area contributed by atoms with Crippen molar-refractivity contribution >= 4 is 5.96 Å². The molecule has 3 rings (SSSR count). The van der Waals surface area contributed by atoms with Gasteiger partial charge in [0.05, 0.1) is 7.11 Å². The summed E-state index contributed by atoms with van der Waals surface area (Å²) in [4.78, 5) is 11.4. The molecule has 0 saturated carbocycles. The Balaban J connectivity index is 1.72. The van der Waals surface area contributed by atoms with Gasteiger partial charge < -0.3 is 19.5 Å². The number of aliphatic imine (C=N–C) groups is 1. The highest BCUT2D eigenvalue weighted by Gasteiger charge is 2.11. The number of rotatable bonds is 8. The lowest BCUT2D eigenvalue weighted by molar-refractivity contribution is 0.396. The van der Waals surface area contributed by atoms with Gasteiger partial charge in [-0.3, -0.25) is 0 Å². The van der Waals surface area contributed by atoms with Gasteiger partial charge in [0.15, 0.2) is 5.96 Å². The van der Waals surface area contributed by atoms with Crippen molar-refractivity contribution in [3.8, 4) is 5.75 Å². The standard InChI is InChI=1S/C23H29N5O/c1-4-24-23(27(2)18-20-12-8-9-13-21(20)29-3)26-16-22-25-14-15-28(22)17-19-10-6-5-7-11-19/h5-15H,4,16-18H2,1-3H3,(H,24,26). The Kier molecular flexibility index (Phi) is 7.28. The van der Waals surface area contributed by atoms with Crippen LogP contribution >= 0.6 is 0 Å². The first-order chi connectivity index (χ1) is 14.2. The van der Waals surface area contributed by atoms with Gasteiger partial charge in [-0.05, 0) is 18.6 Å². The monoisotopic (exact) mass is 391 g/mol. The van der Waals surface area contributed by atoms with E-state index in [1.807, 2.05) is 43.7 Å². The number of imidazole rings is 1. The highest BCUT2D eigenvalue weighted by Crippen LogP contribution is 2.18. The molecule has 152 valence electrons. The number of nitrogens with one attached hydrogen (secondary N) is 1. The van der Waals surface area contributed by atoms with Crippen molar-refractivity contribution in [3.63, 3.8) is 0 Å². The molecule has 1 aromatic heterocycles. The molecule has 0 amide bonds. The van der Waals surface area contributed by atoms with Gasteiger partial charge in [-0.25, -0.2) is 9.98 Å². The van der Waals surface area contributed by atoms with E-state index in [0.29, 0.717) is 13.1 Å². The minimum Gasteiger partial charge on any atom is -0.496 e. The van der Waals surface area contributed by atoms with Crippen LogP contribution in [0, 0.1) is 0 Å². The van der Waals surface area contributed by atoms with Gasteiger partial charge in [0.1, 0.15) is 18.1 Å². The second-order valence-electron chi connectivity index (χ2n) is 6.80. The van der Waals surface area contributed by atoms with Crippen LogP contribution < -0.4 is 10.1 Å². The average molecular weight is 392 g/mol. The smallest absolute Gasteiger partial charge is 0.194 e. The molecule has 0 aliphatic rings. The van der Waals surface area contributed by atoms with Crippen LogP contribution in [-0.2, 0) is 19.6 Å². The zero-order valence-corrected chi connectivity index (χ0v) is 17.4. The first-order valence-corrected chi connectivity index (χ1v) is 9.86. The Morgan fingerprint density at radius 2 is 1.90 bits per heavy atom. The second kappa shape index (κ2) is 10.3. The number of guanidine groups is 1. The Labute approximate surface area is 172 Å². The van der Waals surface area contributed by atoms with Crippen LogP contribution in [0.4, 0.5) is 0 Å². The molecule has 0 aliphatic carbocycles. The van der Waals surface area contributed by atoms with E-state index >= 15 is 0 Å². The van der Waals surface area contributed by atoms with Crippen molar-refractivity contribution < 1.29 is 4.74 Å². The van der Waals surface area contributed by atoms with Gasteiger partial charge in [0.2, 0.25) is 0 Å². The summed E-state index contributed by atoms with van der Waals surface area (Å²) < 4.78 is 7.62. The van der Waals surface area contributed by atoms with Gasteiger partial charge in [-0.1, -0.05) is 48.5 Å². The first-order valence-electron chi connectivity index (χ1n) is 9.86. The van der Waals surface area contributed by atoms with Crippen molar-refractivity contribution in [1.82, 2.24) is 19.8 Å². The number of ether oxygens (including phenoxy) is 1. The molecule has 1 N–H and O–H groups in total. The lowest BCUT2D eigenvalue weighted by atomic mass is 10.2. The summed E-state index contributed by atoms with van der Waals surface area (Å²) in [7, 11) is 3.73. The number of benzene rings is 2. The van der Waals surface area contributed by atoms with E-state index in [-0.39, 0.29) is 0 Å². The zero-order chi connectivity index (χ0) is 20.5. The number of hydrogen-bond donors (Lipinski definition) is 1. The number of nitrogens with zero attached hydrogens (tertiary/aromatic N) is 4. The predicted octanol–water partition coefficient (Wildman–Crippen LogP) is 3.54. The lowest BCUT2D eigenvalue weighted by Gasteiger charge is -2.23. The highest BCUT2D eigenvalue weighted by molar-refractivity contribution is 5.79. The van der Waals surface area contributed by atoms with Crippen molar-refractivity contribution in [1.29, 1.82) is 0 Å². The van der Waals surface area contributed by atoms with Gasteiger partial charge in [-0.2, -0.15) is 0 Å². The van der Waals surface area contributed by atoms with Gasteiger partial charge in [0.25, 0.3) is 0 Å². The van der Waals surface area contributed by atoms with Crippen LogP contribution in [0.2, 0.25) is 0 Å². The van der Waals surface area contributed by atoms with Crippen LogP contribution in [-0.4, -0.2) is 41.1 Å². The summed E-state index contributed by atoms with van der Waals surface area (Å²) >= 11 is 0. The summed E-state index contributed by atoms with van der Waals surface area (Å²) in [5.41, 5.74) is 2.37. The Hall–Kier alpha value is -3.28. The molecule has 6 heteroatoms. The van der Waals surface area contributed by atoms with Crippen LogP contribution in [0.5, 0.6) is 5.75 Å². The number of hydrogen-bond acceptors (Lipinski definition) is 3. The molecule has 0 saturated heterocycles. The fourth-order valence-corrected chi connectivity index (χ4v) is 3.20. The van der Waals surface area contributed by atoms with E-state index in [1.165, 1.54) is 5.56 Å². The van der Waals surface area contributed by atoms with E-state index in [4.69, 9.17) is 9.73 Å². The predicted molar refractivity (Wildman–Crippen MR) is 117 cm³/mol. The summed E-state index contributed by atoms with van der Waals surface area (Å²) in [5.74, 6) is 2.66. The molecular formula is C23H29N5O. The number of para-hydroxylation sites is 1. The Morgan fingerprint density at radius 3 is 2.66 bits per heavy atom. The maximum atomic E-state index is 5.48. The zero-order valence-electron chi connectivity index (χ0n) is 17.4. The van der Waals surface area contributed by atoms with Gasteiger partial charge in [-0.15, -0.1) is 0 Å². The molecule has 6 nitrogen and oxygen atoms in total. The molecule has 0 unspecified atom stereocenters. The molecule has 3 aromatic rings. The molecule has 1 heterocycles. The Bertz CT molecular complexity index is 920. The SMILES string of the molecule is CCNC(=NCc1nccn1Cc1ccccc1)N(C)Cc1ccccc1OC. The molecule has 29 heavy (non-hydrogen) atoms. The Morgan fingerprint density at radius 1 is 1.14 bits per heavy atom. The van der Waals surface area contributed by atoms with Crippen molar-refractivity contribution in [3.05, 3.63) is 83.9 Å². The number of methoxy groups -OCH3 is 1. The molecular weight excluding hydrogens is 362 g/mol. The maximum Gasteiger partial charge on any atom is 0.194 e. The fraction of sp³-hybridized carbons (Fsp3) is 0.304. The molecule has 2 aromatic carbocycles. The summed E-state index contributed by atoms with van der Waals surface area (Å²) in [6, 6.07) is 18.4. The largest absolute Gasteiger partial charge is 0.496 e. The minimum absolute atomic E-state index is 0.512. The number of aromatic nitrogens is 2. The minimum atomic E-state index is 0.512. The van der Waals surface area contributed by atoms with E-state index < -0.39 is 0 Å². The molecule has 0 bridgehead atoms. The molecule has 0 aliphatic heterocycles. The first kappa shape index (κ1) is 20.5. The third-order valence-corrected chi connectivity index (χ3v) is 4.66. The quantitative estimate of drug-likeness (QED) is 0.471. The van der Waals surface area contributed by atoms with E-state index in [1.54, 1.807) is 7.11 Å². The second-order valence-corrected chi connectivity index (χ2v) is 6.80. The summed E-state index contributed by atoms with van der Waals surface area (Å²) in [6.45, 7) is 4.88. The summed E-state index contributed by atoms with van der Waals surface area (Å²) in [6.07, 6.45) is 3.84. The third kappa shape index (κ3) is 5.60. The van der Waals surface area contributed by atoms with Gasteiger partial charge in [0, 0.05) is 44.6 Å². The fourth-order valence-electron chi connectivity index (χ4n) is 3.20.